The molecule has 0 spiro atoms. The van der Waals surface area contributed by atoms with Gasteiger partial charge in [0, 0.05) is 24.4 Å². The van der Waals surface area contributed by atoms with Gasteiger partial charge >= 0.3 is 5.97 Å². The number of benzene rings is 1. The lowest BCUT2D eigenvalue weighted by molar-refractivity contribution is 0.0690. The van der Waals surface area contributed by atoms with Crippen LogP contribution in [0.3, 0.4) is 0 Å². The van der Waals surface area contributed by atoms with E-state index in [9.17, 15) is 14.7 Å². The maximum atomic E-state index is 11.8. The number of nitrogens with one attached hydrogen (secondary N) is 1. The number of phenolic OH excluding ortho intramolecular Hbond substituents is 2. The third-order valence-corrected chi connectivity index (χ3v) is 3.53. The van der Waals surface area contributed by atoms with Crippen LogP contribution in [0.5, 0.6) is 11.5 Å². The van der Waals surface area contributed by atoms with Gasteiger partial charge in [-0.05, 0) is 12.1 Å². The molecule has 8 heteroatoms. The normalized spacial score (nSPS) is 10.3. The lowest BCUT2D eigenvalue weighted by Gasteiger charge is -2.06. The van der Waals surface area contributed by atoms with Crippen LogP contribution in [0.25, 0.3) is 0 Å². The SMILES string of the molecule is O=C(O)c1csc(CCNC(=O)c2ccc(O)cc2O)n1. The van der Waals surface area contributed by atoms with E-state index in [1.54, 1.807) is 0 Å². The molecule has 4 N–H and O–H groups in total. The van der Waals surface area contributed by atoms with Gasteiger partial charge in [0.1, 0.15) is 11.5 Å². The van der Waals surface area contributed by atoms with Crippen molar-refractivity contribution >= 4 is 23.2 Å². The second-order valence-electron chi connectivity index (χ2n) is 4.14. The molecule has 0 radical (unpaired) electrons. The number of phenols is 2. The highest BCUT2D eigenvalue weighted by Crippen LogP contribution is 2.22. The Morgan fingerprint density at radius 1 is 1.29 bits per heavy atom. The molecule has 1 aromatic carbocycles. The maximum Gasteiger partial charge on any atom is 0.355 e. The molecular weight excluding hydrogens is 296 g/mol. The number of rotatable bonds is 5. The molecule has 0 fully saturated rings. The van der Waals surface area contributed by atoms with Gasteiger partial charge < -0.3 is 20.6 Å². The van der Waals surface area contributed by atoms with Crippen molar-refractivity contribution in [2.75, 3.05) is 6.54 Å². The zero-order valence-corrected chi connectivity index (χ0v) is 11.6. The van der Waals surface area contributed by atoms with Crippen LogP contribution in [0.1, 0.15) is 25.9 Å². The number of aromatic nitrogens is 1. The molecule has 0 bridgehead atoms. The third kappa shape index (κ3) is 3.69. The fourth-order valence-electron chi connectivity index (χ4n) is 1.61. The molecule has 0 saturated heterocycles. The molecule has 1 aromatic heterocycles. The van der Waals surface area contributed by atoms with Crippen LogP contribution in [0.15, 0.2) is 23.6 Å². The van der Waals surface area contributed by atoms with Crippen LogP contribution in [0, 0.1) is 0 Å². The second kappa shape index (κ2) is 6.23. The highest BCUT2D eigenvalue weighted by Gasteiger charge is 2.12. The van der Waals surface area contributed by atoms with Gasteiger partial charge in [0.15, 0.2) is 5.69 Å². The Kier molecular flexibility index (Phi) is 4.39. The van der Waals surface area contributed by atoms with E-state index in [1.165, 1.54) is 28.8 Å². The van der Waals surface area contributed by atoms with E-state index in [-0.39, 0.29) is 29.3 Å². The van der Waals surface area contributed by atoms with E-state index >= 15 is 0 Å². The smallest absolute Gasteiger partial charge is 0.355 e. The van der Waals surface area contributed by atoms with Gasteiger partial charge in [-0.25, -0.2) is 9.78 Å². The van der Waals surface area contributed by atoms with E-state index in [0.717, 1.165) is 6.07 Å². The Morgan fingerprint density at radius 2 is 2.05 bits per heavy atom. The van der Waals surface area contributed by atoms with Crippen LogP contribution < -0.4 is 5.32 Å². The highest BCUT2D eigenvalue weighted by molar-refractivity contribution is 7.09. The molecule has 21 heavy (non-hydrogen) atoms. The molecule has 0 saturated carbocycles. The number of carboxylic acids is 1. The first kappa shape index (κ1) is 14.8. The summed E-state index contributed by atoms with van der Waals surface area (Å²) in [5.74, 6) is -2.01. The number of nitrogens with zero attached hydrogens (tertiary/aromatic N) is 1. The lowest BCUT2D eigenvalue weighted by atomic mass is 10.2. The van der Waals surface area contributed by atoms with Crippen molar-refractivity contribution in [3.8, 4) is 11.5 Å². The van der Waals surface area contributed by atoms with Crippen LogP contribution in [-0.2, 0) is 6.42 Å². The summed E-state index contributed by atoms with van der Waals surface area (Å²) in [6, 6.07) is 3.69. The van der Waals surface area contributed by atoms with Crippen LogP contribution in [0.2, 0.25) is 0 Å². The number of aromatic hydroxyl groups is 2. The topological polar surface area (TPSA) is 120 Å². The Labute approximate surface area is 123 Å². The summed E-state index contributed by atoms with van der Waals surface area (Å²) >= 11 is 1.20. The quantitative estimate of drug-likeness (QED) is 0.659. The van der Waals surface area contributed by atoms with Gasteiger partial charge in [-0.1, -0.05) is 0 Å². The first-order chi connectivity index (χ1) is 9.97. The molecule has 2 aromatic rings. The van der Waals surface area contributed by atoms with Crippen molar-refractivity contribution in [1.82, 2.24) is 10.3 Å². The minimum absolute atomic E-state index is 0.0162. The first-order valence-electron chi connectivity index (χ1n) is 5.95. The predicted octanol–water partition coefficient (Wildman–Crippen LogP) is 1.22. The molecule has 110 valence electrons. The fourth-order valence-corrected chi connectivity index (χ4v) is 2.39. The van der Waals surface area contributed by atoms with Crippen molar-refractivity contribution in [1.29, 1.82) is 0 Å². The fraction of sp³-hybridized carbons (Fsp3) is 0.154. The highest BCUT2D eigenvalue weighted by atomic mass is 32.1. The van der Waals surface area contributed by atoms with Crippen molar-refractivity contribution in [3.05, 3.63) is 39.8 Å². The average molecular weight is 308 g/mol. The Morgan fingerprint density at radius 3 is 2.67 bits per heavy atom. The molecule has 1 heterocycles. The molecule has 0 unspecified atom stereocenters. The summed E-state index contributed by atoms with van der Waals surface area (Å²) in [4.78, 5) is 26.4. The monoisotopic (exact) mass is 308 g/mol. The molecule has 2 rings (SSSR count). The largest absolute Gasteiger partial charge is 0.508 e. The van der Waals surface area contributed by atoms with Gasteiger partial charge in [0.25, 0.3) is 5.91 Å². The van der Waals surface area contributed by atoms with Gasteiger partial charge in [-0.3, -0.25) is 4.79 Å². The number of amides is 1. The van der Waals surface area contributed by atoms with Crippen molar-refractivity contribution < 1.29 is 24.9 Å². The summed E-state index contributed by atoms with van der Waals surface area (Å²) in [7, 11) is 0. The number of aromatic carboxylic acids is 1. The molecular formula is C13H12N2O5S. The van der Waals surface area contributed by atoms with Crippen LogP contribution in [0.4, 0.5) is 0 Å². The summed E-state index contributed by atoms with van der Waals surface area (Å²) < 4.78 is 0. The lowest BCUT2D eigenvalue weighted by Crippen LogP contribution is -2.25. The molecule has 1 amide bonds. The van der Waals surface area contributed by atoms with Crippen molar-refractivity contribution in [3.63, 3.8) is 0 Å². The number of hydrogen-bond acceptors (Lipinski definition) is 6. The summed E-state index contributed by atoms with van der Waals surface area (Å²) in [5.41, 5.74) is 0.0377. The number of carboxylic acid groups (broad SMARTS) is 1. The number of carbonyl (C=O) groups excluding carboxylic acids is 1. The Bertz CT molecular complexity index is 683. The zero-order valence-electron chi connectivity index (χ0n) is 10.7. The molecule has 7 nitrogen and oxygen atoms in total. The third-order valence-electron chi connectivity index (χ3n) is 2.62. The van der Waals surface area contributed by atoms with Crippen molar-refractivity contribution in [2.45, 2.75) is 6.42 Å². The Hall–Kier alpha value is -2.61. The van der Waals surface area contributed by atoms with Crippen LogP contribution in [-0.4, -0.2) is 38.7 Å². The van der Waals surface area contributed by atoms with Gasteiger partial charge in [-0.15, -0.1) is 11.3 Å². The maximum absolute atomic E-state index is 11.8. The minimum Gasteiger partial charge on any atom is -0.508 e. The van der Waals surface area contributed by atoms with E-state index in [0.29, 0.717) is 11.4 Å². The van der Waals surface area contributed by atoms with Gasteiger partial charge in [0.2, 0.25) is 0 Å². The number of thiazole rings is 1. The van der Waals surface area contributed by atoms with Crippen LogP contribution >= 0.6 is 11.3 Å². The summed E-state index contributed by atoms with van der Waals surface area (Å²) in [6.07, 6.45) is 0.391. The van der Waals surface area contributed by atoms with Crippen molar-refractivity contribution in [2.24, 2.45) is 0 Å². The number of carbonyl (C=O) groups is 2. The number of hydrogen-bond donors (Lipinski definition) is 4. The average Bonchev–Trinajstić information content (AvgIpc) is 2.87. The predicted molar refractivity (Wildman–Crippen MR) is 74.9 cm³/mol. The van der Waals surface area contributed by atoms with Gasteiger partial charge in [-0.2, -0.15) is 0 Å². The van der Waals surface area contributed by atoms with Gasteiger partial charge in [0.05, 0.1) is 10.6 Å². The first-order valence-corrected chi connectivity index (χ1v) is 6.83. The van der Waals surface area contributed by atoms with E-state index in [4.69, 9.17) is 10.2 Å². The molecule has 0 aliphatic rings. The molecule has 0 aliphatic carbocycles. The second-order valence-corrected chi connectivity index (χ2v) is 5.08. The van der Waals surface area contributed by atoms with E-state index in [1.807, 2.05) is 0 Å². The zero-order chi connectivity index (χ0) is 15.4. The van der Waals surface area contributed by atoms with E-state index < -0.39 is 11.9 Å². The standard InChI is InChI=1S/C13H12N2O5S/c16-7-1-2-8(10(17)5-7)12(18)14-4-3-11-15-9(6-21-11)13(19)20/h1-2,5-6,16-17H,3-4H2,(H,14,18)(H,19,20). The summed E-state index contributed by atoms with van der Waals surface area (Å²) in [6.45, 7) is 0.256. The molecule has 0 aliphatic heterocycles. The minimum atomic E-state index is -1.09. The Balaban J connectivity index is 1.90. The molecule has 0 atom stereocenters. The summed E-state index contributed by atoms with van der Waals surface area (Å²) in [5, 5.41) is 32.1. The van der Waals surface area contributed by atoms with E-state index in [2.05, 4.69) is 10.3 Å².